The monoisotopic (exact) mass is 401 g/mol. The zero-order valence-electron chi connectivity index (χ0n) is 16.8. The van der Waals surface area contributed by atoms with E-state index in [0.717, 1.165) is 42.2 Å². The quantitative estimate of drug-likeness (QED) is 0.486. The molecule has 1 fully saturated rings. The summed E-state index contributed by atoms with van der Waals surface area (Å²) in [5.41, 5.74) is 3.12. The van der Waals surface area contributed by atoms with E-state index in [-0.39, 0.29) is 6.04 Å². The van der Waals surface area contributed by atoms with Crippen LogP contribution >= 0.6 is 0 Å². The van der Waals surface area contributed by atoms with E-state index >= 15 is 0 Å². The zero-order valence-corrected chi connectivity index (χ0v) is 16.8. The molecule has 4 aromatic rings. The molecule has 3 aromatic heterocycles. The van der Waals surface area contributed by atoms with E-state index in [0.29, 0.717) is 12.5 Å². The van der Waals surface area contributed by atoms with Gasteiger partial charge in [0.15, 0.2) is 5.65 Å². The van der Waals surface area contributed by atoms with Crippen molar-refractivity contribution in [3.05, 3.63) is 78.2 Å². The number of benzene rings is 1. The van der Waals surface area contributed by atoms with Crippen LogP contribution in [-0.4, -0.2) is 33.2 Å². The van der Waals surface area contributed by atoms with E-state index in [9.17, 15) is 0 Å². The van der Waals surface area contributed by atoms with Gasteiger partial charge in [0.2, 0.25) is 5.88 Å². The van der Waals surface area contributed by atoms with Gasteiger partial charge in [-0.3, -0.25) is 0 Å². The molecule has 5 rings (SSSR count). The Kier molecular flexibility index (Phi) is 4.93. The molecule has 0 bridgehead atoms. The van der Waals surface area contributed by atoms with Crippen LogP contribution in [0.3, 0.4) is 0 Å². The van der Waals surface area contributed by atoms with E-state index in [2.05, 4.69) is 20.9 Å². The van der Waals surface area contributed by atoms with E-state index in [1.807, 2.05) is 59.4 Å². The standard InChI is InChI=1S/C23H23N5O2/c1-29-19-6-4-17(5-7-19)16-30-23-15-18(10-11-25-23)20-3-2-13-27(20)22-9-8-21-24-12-14-28(21)26-22/h4-12,14-15,20H,2-3,13,16H2,1H3. The number of anilines is 1. The van der Waals surface area contributed by atoms with Gasteiger partial charge in [0.25, 0.3) is 0 Å². The first kappa shape index (κ1) is 18.4. The second-order valence-electron chi connectivity index (χ2n) is 7.34. The molecule has 0 amide bonds. The molecule has 1 aliphatic rings. The largest absolute Gasteiger partial charge is 0.497 e. The Morgan fingerprint density at radius 3 is 2.80 bits per heavy atom. The van der Waals surface area contributed by atoms with Crippen LogP contribution in [0.2, 0.25) is 0 Å². The Hall–Kier alpha value is -3.61. The number of rotatable bonds is 6. The summed E-state index contributed by atoms with van der Waals surface area (Å²) in [5.74, 6) is 2.43. The lowest BCUT2D eigenvalue weighted by Gasteiger charge is -2.26. The second-order valence-corrected chi connectivity index (χ2v) is 7.34. The summed E-state index contributed by atoms with van der Waals surface area (Å²) in [7, 11) is 1.66. The van der Waals surface area contributed by atoms with Crippen LogP contribution in [-0.2, 0) is 6.61 Å². The number of pyridine rings is 1. The van der Waals surface area contributed by atoms with Crippen LogP contribution in [0.4, 0.5) is 5.82 Å². The molecule has 0 N–H and O–H groups in total. The Bertz CT molecular complexity index is 1140. The smallest absolute Gasteiger partial charge is 0.213 e. The van der Waals surface area contributed by atoms with Gasteiger partial charge in [-0.1, -0.05) is 12.1 Å². The summed E-state index contributed by atoms with van der Waals surface area (Å²) in [6.07, 6.45) is 7.66. The SMILES string of the molecule is COc1ccc(COc2cc(C3CCCN3c3ccc4nccn4n3)ccn2)cc1. The summed E-state index contributed by atoms with van der Waals surface area (Å²) >= 11 is 0. The molecule has 1 atom stereocenters. The third-order valence-electron chi connectivity index (χ3n) is 5.48. The number of imidazole rings is 1. The molecule has 1 saturated heterocycles. The molecule has 1 unspecified atom stereocenters. The predicted octanol–water partition coefficient (Wildman–Crippen LogP) is 4.05. The number of ether oxygens (including phenoxy) is 2. The fourth-order valence-corrected chi connectivity index (χ4v) is 3.94. The summed E-state index contributed by atoms with van der Waals surface area (Å²) in [6, 6.07) is 16.3. The minimum atomic E-state index is 0.254. The molecule has 0 aliphatic carbocycles. The lowest BCUT2D eigenvalue weighted by atomic mass is 10.1. The molecule has 0 saturated carbocycles. The third kappa shape index (κ3) is 3.66. The summed E-state index contributed by atoms with van der Waals surface area (Å²) in [6.45, 7) is 1.44. The maximum absolute atomic E-state index is 5.96. The number of fused-ring (bicyclic) bond motifs is 1. The van der Waals surface area contributed by atoms with Crippen molar-refractivity contribution in [3.63, 3.8) is 0 Å². The van der Waals surface area contributed by atoms with Gasteiger partial charge in [-0.25, -0.2) is 14.5 Å². The average Bonchev–Trinajstić information content (AvgIpc) is 3.47. The van der Waals surface area contributed by atoms with E-state index in [4.69, 9.17) is 14.6 Å². The van der Waals surface area contributed by atoms with Crippen molar-refractivity contribution in [2.75, 3.05) is 18.6 Å². The topological polar surface area (TPSA) is 64.8 Å². The maximum atomic E-state index is 5.96. The molecule has 7 nitrogen and oxygen atoms in total. The molecular weight excluding hydrogens is 378 g/mol. The lowest BCUT2D eigenvalue weighted by Crippen LogP contribution is -2.24. The highest BCUT2D eigenvalue weighted by atomic mass is 16.5. The first-order valence-corrected chi connectivity index (χ1v) is 10.1. The predicted molar refractivity (Wildman–Crippen MR) is 114 cm³/mol. The van der Waals surface area contributed by atoms with Crippen molar-refractivity contribution in [1.82, 2.24) is 19.6 Å². The van der Waals surface area contributed by atoms with E-state index in [1.165, 1.54) is 5.56 Å². The lowest BCUT2D eigenvalue weighted by molar-refractivity contribution is 0.293. The van der Waals surface area contributed by atoms with E-state index < -0.39 is 0 Å². The minimum absolute atomic E-state index is 0.254. The number of hydrogen-bond acceptors (Lipinski definition) is 6. The van der Waals surface area contributed by atoms with Crippen LogP contribution in [0.5, 0.6) is 11.6 Å². The van der Waals surface area contributed by atoms with Gasteiger partial charge in [0.1, 0.15) is 18.2 Å². The van der Waals surface area contributed by atoms with Gasteiger partial charge < -0.3 is 14.4 Å². The second kappa shape index (κ2) is 8.02. The maximum Gasteiger partial charge on any atom is 0.213 e. The van der Waals surface area contributed by atoms with Crippen molar-refractivity contribution in [1.29, 1.82) is 0 Å². The fraction of sp³-hybridized carbons (Fsp3) is 0.261. The van der Waals surface area contributed by atoms with Crippen molar-refractivity contribution in [2.24, 2.45) is 0 Å². The number of nitrogens with zero attached hydrogens (tertiary/aromatic N) is 5. The van der Waals surface area contributed by atoms with Crippen LogP contribution in [0.25, 0.3) is 5.65 Å². The molecule has 1 aliphatic heterocycles. The van der Waals surface area contributed by atoms with Crippen LogP contribution in [0.1, 0.15) is 30.0 Å². The van der Waals surface area contributed by atoms with Crippen molar-refractivity contribution in [2.45, 2.75) is 25.5 Å². The van der Waals surface area contributed by atoms with Gasteiger partial charge in [-0.15, -0.1) is 5.10 Å². The number of aromatic nitrogens is 4. The molecule has 0 radical (unpaired) electrons. The van der Waals surface area contributed by atoms with Crippen molar-refractivity contribution < 1.29 is 9.47 Å². The van der Waals surface area contributed by atoms with Crippen LogP contribution in [0, 0.1) is 0 Å². The number of hydrogen-bond donors (Lipinski definition) is 0. The highest BCUT2D eigenvalue weighted by molar-refractivity contribution is 5.48. The Balaban J connectivity index is 1.33. The Morgan fingerprint density at radius 1 is 1.03 bits per heavy atom. The first-order valence-electron chi connectivity index (χ1n) is 10.1. The zero-order chi connectivity index (χ0) is 20.3. The minimum Gasteiger partial charge on any atom is -0.497 e. The molecule has 1 aromatic carbocycles. The van der Waals surface area contributed by atoms with Crippen molar-refractivity contribution >= 4 is 11.5 Å². The van der Waals surface area contributed by atoms with Gasteiger partial charge in [0.05, 0.1) is 13.2 Å². The summed E-state index contributed by atoms with van der Waals surface area (Å²) in [4.78, 5) is 11.0. The Morgan fingerprint density at radius 2 is 1.93 bits per heavy atom. The van der Waals surface area contributed by atoms with Gasteiger partial charge in [-0.2, -0.15) is 0 Å². The van der Waals surface area contributed by atoms with Crippen molar-refractivity contribution in [3.8, 4) is 11.6 Å². The van der Waals surface area contributed by atoms with Gasteiger partial charge >= 0.3 is 0 Å². The van der Waals surface area contributed by atoms with Crippen LogP contribution in [0.15, 0.2) is 67.1 Å². The fourth-order valence-electron chi connectivity index (χ4n) is 3.94. The van der Waals surface area contributed by atoms with Crippen LogP contribution < -0.4 is 14.4 Å². The highest BCUT2D eigenvalue weighted by Crippen LogP contribution is 2.36. The first-order chi connectivity index (χ1) is 14.8. The normalized spacial score (nSPS) is 16.2. The molecule has 30 heavy (non-hydrogen) atoms. The Labute approximate surface area is 174 Å². The third-order valence-corrected chi connectivity index (χ3v) is 5.48. The highest BCUT2D eigenvalue weighted by Gasteiger charge is 2.28. The summed E-state index contributed by atoms with van der Waals surface area (Å²) in [5, 5.41) is 4.73. The summed E-state index contributed by atoms with van der Waals surface area (Å²) < 4.78 is 13.0. The molecule has 152 valence electrons. The number of methoxy groups -OCH3 is 1. The molecule has 4 heterocycles. The average molecular weight is 401 g/mol. The van der Waals surface area contributed by atoms with Gasteiger partial charge in [0, 0.05) is 31.2 Å². The van der Waals surface area contributed by atoms with E-state index in [1.54, 1.807) is 13.3 Å². The molecule has 7 heteroatoms. The van der Waals surface area contributed by atoms with Gasteiger partial charge in [-0.05, 0) is 54.3 Å². The molecular formula is C23H23N5O2. The molecule has 0 spiro atoms.